The Hall–Kier alpha value is -0.625. The smallest absolute Gasteiger partial charge is 0.510 e. The van der Waals surface area contributed by atoms with E-state index in [0.29, 0.717) is 0 Å². The number of hydroxylamine groups is 1. The van der Waals surface area contributed by atoms with E-state index in [1.807, 2.05) is 0 Å². The first-order chi connectivity index (χ1) is 6.34. The minimum Gasteiger partial charge on any atom is -0.510 e. The van der Waals surface area contributed by atoms with Gasteiger partial charge < -0.3 is 9.41 Å². The summed E-state index contributed by atoms with van der Waals surface area (Å²) in [4.78, 5) is 11.2. The second-order valence-electron chi connectivity index (χ2n) is 2.70. The van der Waals surface area contributed by atoms with Crippen molar-refractivity contribution in [3.05, 3.63) is 0 Å². The van der Waals surface area contributed by atoms with Gasteiger partial charge in [-0.15, -0.1) is 0 Å². The Morgan fingerprint density at radius 3 is 3.15 bits per heavy atom. The number of hydrogen-bond donors (Lipinski definition) is 3. The summed E-state index contributed by atoms with van der Waals surface area (Å²) in [6.07, 6.45) is 1.77. The first-order valence-electron chi connectivity index (χ1n) is 4.28. The number of carbonyl (C=O) groups excluding carboxylic acids is 1. The van der Waals surface area contributed by atoms with Crippen molar-refractivity contribution in [2.75, 3.05) is 13.6 Å². The van der Waals surface area contributed by atoms with E-state index in [4.69, 9.17) is 4.65 Å². The molecule has 3 N–H and O–H groups in total. The first-order valence-corrected chi connectivity index (χ1v) is 4.28. The van der Waals surface area contributed by atoms with Gasteiger partial charge in [0.15, 0.2) is 0 Å². The molecule has 1 atom stereocenters. The summed E-state index contributed by atoms with van der Waals surface area (Å²) in [7, 11) is 1.54. The van der Waals surface area contributed by atoms with Gasteiger partial charge in [-0.1, -0.05) is 0 Å². The lowest BCUT2D eigenvalue weighted by Crippen LogP contribution is -2.50. The van der Waals surface area contributed by atoms with E-state index in [2.05, 4.69) is 21.1 Å². The summed E-state index contributed by atoms with van der Waals surface area (Å²) in [5.74, 6) is -0.289. The van der Waals surface area contributed by atoms with Crippen molar-refractivity contribution in [2.45, 2.75) is 18.9 Å². The molecule has 6 nitrogen and oxygen atoms in total. The van der Waals surface area contributed by atoms with Gasteiger partial charge in [0.1, 0.15) is 6.04 Å². The second-order valence-corrected chi connectivity index (χ2v) is 2.70. The van der Waals surface area contributed by atoms with E-state index in [1.165, 1.54) is 0 Å². The molecule has 7 heteroatoms. The Kier molecular flexibility index (Phi) is 4.77. The lowest BCUT2D eigenvalue weighted by molar-refractivity contribution is -0.139. The van der Waals surface area contributed by atoms with Crippen molar-refractivity contribution in [2.24, 2.45) is 0 Å². The molecule has 1 saturated heterocycles. The average Bonchev–Trinajstić information content (AvgIpc) is 2.19. The van der Waals surface area contributed by atoms with Crippen LogP contribution in [-0.2, 0) is 14.2 Å². The molecule has 74 valence electrons. The Bertz CT molecular complexity index is 163. The molecule has 0 bridgehead atoms. The van der Waals surface area contributed by atoms with Crippen LogP contribution >= 0.6 is 0 Å². The maximum absolute atomic E-state index is 11.2. The summed E-state index contributed by atoms with van der Waals surface area (Å²) >= 11 is 0. The van der Waals surface area contributed by atoms with Gasteiger partial charge in [-0.25, -0.2) is 10.9 Å². The van der Waals surface area contributed by atoms with E-state index in [-0.39, 0.29) is 19.7 Å². The number of hydrazine groups is 1. The van der Waals surface area contributed by atoms with Gasteiger partial charge in [-0.3, -0.25) is 10.2 Å². The van der Waals surface area contributed by atoms with Crippen LogP contribution < -0.4 is 16.3 Å². The highest BCUT2D eigenvalue weighted by Gasteiger charge is 2.21. The number of carbonyl (C=O) groups is 1. The first kappa shape index (κ1) is 10.5. The number of hydrogen-bond acceptors (Lipinski definition) is 6. The van der Waals surface area contributed by atoms with Crippen LogP contribution in [0.1, 0.15) is 12.8 Å². The van der Waals surface area contributed by atoms with Crippen molar-refractivity contribution >= 4 is 13.7 Å². The number of rotatable bonds is 4. The maximum Gasteiger partial charge on any atom is 0.526 e. The second kappa shape index (κ2) is 5.93. The Balaban J connectivity index is 2.13. The molecular formula is C6H14BN3O3. The van der Waals surface area contributed by atoms with Gasteiger partial charge in [0.05, 0.1) is 0 Å². The van der Waals surface area contributed by atoms with Crippen molar-refractivity contribution < 1.29 is 14.2 Å². The van der Waals surface area contributed by atoms with Crippen LogP contribution in [0.25, 0.3) is 0 Å². The van der Waals surface area contributed by atoms with Crippen LogP contribution in [0.5, 0.6) is 0 Å². The van der Waals surface area contributed by atoms with E-state index in [0.717, 1.165) is 19.4 Å². The molecule has 0 aliphatic carbocycles. The molecule has 1 fully saturated rings. The zero-order valence-corrected chi connectivity index (χ0v) is 7.63. The van der Waals surface area contributed by atoms with Crippen LogP contribution in [0.2, 0.25) is 0 Å². The molecule has 0 amide bonds. The molecule has 0 saturated carbocycles. The summed E-state index contributed by atoms with van der Waals surface area (Å²) in [5.41, 5.74) is 8.16. The molecular weight excluding hydrogens is 173 g/mol. The fraction of sp³-hybridized carbons (Fsp3) is 0.833. The van der Waals surface area contributed by atoms with Crippen LogP contribution in [0.15, 0.2) is 0 Å². The van der Waals surface area contributed by atoms with Crippen molar-refractivity contribution in [3.8, 4) is 0 Å². The van der Waals surface area contributed by atoms with Crippen molar-refractivity contribution in [1.29, 1.82) is 0 Å². The van der Waals surface area contributed by atoms with E-state index < -0.39 is 0 Å². The van der Waals surface area contributed by atoms with Crippen LogP contribution in [0.3, 0.4) is 0 Å². The Morgan fingerprint density at radius 1 is 1.69 bits per heavy atom. The minimum atomic E-state index is -0.289. The molecule has 0 aromatic heterocycles. The third-order valence-corrected chi connectivity index (χ3v) is 1.76. The van der Waals surface area contributed by atoms with Crippen molar-refractivity contribution in [1.82, 2.24) is 16.3 Å². The highest BCUT2D eigenvalue weighted by Crippen LogP contribution is 2.01. The van der Waals surface area contributed by atoms with Gasteiger partial charge in [0, 0.05) is 13.6 Å². The normalized spacial score (nSPS) is 22.4. The van der Waals surface area contributed by atoms with Gasteiger partial charge in [0.2, 0.25) is 0 Å². The standard InChI is InChI=1S/C6H14BN3O3/c1-8-13-7-12-6(11)5-3-2-4-9-10-5/h5,7-10H,2-4H2,1H3. The molecule has 1 aliphatic rings. The van der Waals surface area contributed by atoms with E-state index in [1.54, 1.807) is 7.05 Å². The molecule has 1 unspecified atom stereocenters. The third-order valence-electron chi connectivity index (χ3n) is 1.76. The molecule has 1 rings (SSSR count). The SMILES string of the molecule is CNOBOC(=O)C1CCCNN1. The lowest BCUT2D eigenvalue weighted by atomic mass is 10.1. The van der Waals surface area contributed by atoms with Crippen LogP contribution in [0, 0.1) is 0 Å². The topological polar surface area (TPSA) is 71.6 Å². The molecule has 0 aromatic carbocycles. The summed E-state index contributed by atoms with van der Waals surface area (Å²) in [6, 6.07) is -0.255. The molecule has 1 aliphatic heterocycles. The highest BCUT2D eigenvalue weighted by atomic mass is 16.7. The minimum absolute atomic E-state index is 0.0620. The molecule has 13 heavy (non-hydrogen) atoms. The third kappa shape index (κ3) is 3.73. The van der Waals surface area contributed by atoms with Gasteiger partial charge in [0.25, 0.3) is 0 Å². The summed E-state index contributed by atoms with van der Waals surface area (Å²) in [5, 5.41) is 0. The Morgan fingerprint density at radius 2 is 2.54 bits per heavy atom. The lowest BCUT2D eigenvalue weighted by Gasteiger charge is -2.22. The summed E-state index contributed by atoms with van der Waals surface area (Å²) in [6.45, 7) is 0.886. The fourth-order valence-corrected chi connectivity index (χ4v) is 1.09. The molecule has 0 spiro atoms. The average molecular weight is 187 g/mol. The molecule has 0 aromatic rings. The van der Waals surface area contributed by atoms with Gasteiger partial charge in [-0.2, -0.15) is 0 Å². The van der Waals surface area contributed by atoms with Crippen LogP contribution in [0.4, 0.5) is 0 Å². The molecule has 1 heterocycles. The zero-order valence-electron chi connectivity index (χ0n) is 7.63. The monoisotopic (exact) mass is 187 g/mol. The predicted octanol–water partition coefficient (Wildman–Crippen LogP) is -1.80. The highest BCUT2D eigenvalue weighted by molar-refractivity contribution is 6.22. The van der Waals surface area contributed by atoms with Gasteiger partial charge in [-0.05, 0) is 12.8 Å². The fourth-order valence-electron chi connectivity index (χ4n) is 1.09. The Labute approximate surface area is 77.6 Å². The quantitative estimate of drug-likeness (QED) is 0.274. The van der Waals surface area contributed by atoms with Gasteiger partial charge >= 0.3 is 13.7 Å². The van der Waals surface area contributed by atoms with E-state index >= 15 is 0 Å². The number of nitrogens with one attached hydrogen (secondary N) is 3. The molecule has 0 radical (unpaired) electrons. The predicted molar refractivity (Wildman–Crippen MR) is 47.5 cm³/mol. The van der Waals surface area contributed by atoms with Crippen molar-refractivity contribution in [3.63, 3.8) is 0 Å². The van der Waals surface area contributed by atoms with Crippen LogP contribution in [-0.4, -0.2) is 33.3 Å². The zero-order chi connectivity index (χ0) is 9.52. The van der Waals surface area contributed by atoms with E-state index in [9.17, 15) is 4.79 Å². The summed E-state index contributed by atoms with van der Waals surface area (Å²) < 4.78 is 9.45. The largest absolute Gasteiger partial charge is 0.526 e. The maximum atomic E-state index is 11.2.